The maximum atomic E-state index is 12.0. The van der Waals surface area contributed by atoms with Crippen LogP contribution in [0.2, 0.25) is 0 Å². The molecule has 116 valence electrons. The molecule has 0 unspecified atom stereocenters. The van der Waals surface area contributed by atoms with Crippen molar-refractivity contribution in [1.82, 2.24) is 0 Å². The summed E-state index contributed by atoms with van der Waals surface area (Å²) in [6.07, 6.45) is 2.07. The average Bonchev–Trinajstić information content (AvgIpc) is 3.19. The SMILES string of the molecule is O=C1C=C(Cc2ccc(NC(=O)c3cccs3)cc2)/C(=C\Br)O1. The van der Waals surface area contributed by atoms with Crippen LogP contribution in [0, 0.1) is 0 Å². The van der Waals surface area contributed by atoms with Crippen molar-refractivity contribution in [2.45, 2.75) is 6.42 Å². The number of cyclic esters (lactones) is 1. The van der Waals surface area contributed by atoms with Gasteiger partial charge < -0.3 is 10.1 Å². The summed E-state index contributed by atoms with van der Waals surface area (Å²) in [6, 6.07) is 11.1. The number of carbonyl (C=O) groups is 2. The molecule has 2 aromatic rings. The smallest absolute Gasteiger partial charge is 0.336 e. The number of thiophene rings is 1. The van der Waals surface area contributed by atoms with Crippen LogP contribution in [0.4, 0.5) is 5.69 Å². The second kappa shape index (κ2) is 6.93. The molecule has 1 N–H and O–H groups in total. The van der Waals surface area contributed by atoms with Gasteiger partial charge in [-0.25, -0.2) is 4.79 Å². The van der Waals surface area contributed by atoms with Crippen LogP contribution in [-0.4, -0.2) is 11.9 Å². The van der Waals surface area contributed by atoms with Crippen molar-refractivity contribution >= 4 is 44.8 Å². The molecule has 0 fully saturated rings. The summed E-state index contributed by atoms with van der Waals surface area (Å²) >= 11 is 4.59. The summed E-state index contributed by atoms with van der Waals surface area (Å²) in [5, 5.41) is 4.72. The third-order valence-corrected chi connectivity index (χ3v) is 4.55. The molecule has 4 nitrogen and oxygen atoms in total. The van der Waals surface area contributed by atoms with Crippen molar-refractivity contribution < 1.29 is 14.3 Å². The van der Waals surface area contributed by atoms with Crippen molar-refractivity contribution in [3.05, 3.63) is 74.6 Å². The number of anilines is 1. The first-order valence-corrected chi connectivity index (χ1v) is 8.62. The Morgan fingerprint density at radius 3 is 2.70 bits per heavy atom. The second-order valence-electron chi connectivity index (χ2n) is 4.87. The van der Waals surface area contributed by atoms with Gasteiger partial charge in [0.2, 0.25) is 0 Å². The van der Waals surface area contributed by atoms with Gasteiger partial charge >= 0.3 is 5.97 Å². The zero-order chi connectivity index (χ0) is 16.2. The molecule has 0 bridgehead atoms. The van der Waals surface area contributed by atoms with E-state index >= 15 is 0 Å². The fraction of sp³-hybridized carbons (Fsp3) is 0.0588. The lowest BCUT2D eigenvalue weighted by molar-refractivity contribution is -0.132. The van der Waals surface area contributed by atoms with Crippen molar-refractivity contribution in [2.24, 2.45) is 0 Å². The molecule has 1 aromatic carbocycles. The largest absolute Gasteiger partial charge is 0.422 e. The van der Waals surface area contributed by atoms with Crippen molar-refractivity contribution in [1.29, 1.82) is 0 Å². The number of amides is 1. The van der Waals surface area contributed by atoms with E-state index < -0.39 is 0 Å². The fourth-order valence-corrected chi connectivity index (χ4v) is 3.18. The summed E-state index contributed by atoms with van der Waals surface area (Å²) in [7, 11) is 0. The summed E-state index contributed by atoms with van der Waals surface area (Å²) in [4.78, 5) is 25.5. The van der Waals surface area contributed by atoms with E-state index in [1.165, 1.54) is 17.4 Å². The summed E-state index contributed by atoms with van der Waals surface area (Å²) < 4.78 is 5.04. The third kappa shape index (κ3) is 3.78. The van der Waals surface area contributed by atoms with Crippen LogP contribution >= 0.6 is 27.3 Å². The van der Waals surface area contributed by atoms with Gasteiger partial charge in [0.05, 0.1) is 4.88 Å². The number of carbonyl (C=O) groups excluding carboxylic acids is 2. The number of benzene rings is 1. The Morgan fingerprint density at radius 1 is 1.26 bits per heavy atom. The standard InChI is InChI=1S/C17H12BrNO3S/c18-10-14-12(9-16(20)22-14)8-11-3-5-13(6-4-11)19-17(21)15-2-1-7-23-15/h1-7,9-10H,8H2,(H,19,21)/b14-10+. The highest BCUT2D eigenvalue weighted by atomic mass is 79.9. The quantitative estimate of drug-likeness (QED) is 0.794. The van der Waals surface area contributed by atoms with Crippen molar-refractivity contribution in [3.63, 3.8) is 0 Å². The molecule has 0 aliphatic carbocycles. The molecule has 1 aliphatic heterocycles. The number of allylic oxidation sites excluding steroid dienone is 1. The number of halogens is 1. The highest BCUT2D eigenvalue weighted by molar-refractivity contribution is 9.11. The minimum absolute atomic E-state index is 0.116. The van der Waals surface area contributed by atoms with Gasteiger partial charge in [0, 0.05) is 28.7 Å². The van der Waals surface area contributed by atoms with Crippen LogP contribution in [0.5, 0.6) is 0 Å². The van der Waals surface area contributed by atoms with E-state index in [4.69, 9.17) is 4.74 Å². The average molecular weight is 390 g/mol. The molecule has 1 amide bonds. The molecule has 6 heteroatoms. The number of hydrogen-bond donors (Lipinski definition) is 1. The lowest BCUT2D eigenvalue weighted by Crippen LogP contribution is -2.09. The molecule has 0 radical (unpaired) electrons. The van der Waals surface area contributed by atoms with Crippen LogP contribution in [0.1, 0.15) is 15.2 Å². The topological polar surface area (TPSA) is 55.4 Å². The van der Waals surface area contributed by atoms with E-state index in [1.807, 2.05) is 35.7 Å². The number of nitrogens with one attached hydrogen (secondary N) is 1. The first kappa shape index (κ1) is 15.7. The number of ether oxygens (including phenoxy) is 1. The van der Waals surface area contributed by atoms with Gasteiger partial charge in [-0.1, -0.05) is 34.1 Å². The predicted octanol–water partition coefficient (Wildman–Crippen LogP) is 4.26. The number of hydrogen-bond acceptors (Lipinski definition) is 4. The van der Waals surface area contributed by atoms with E-state index in [-0.39, 0.29) is 11.9 Å². The van der Waals surface area contributed by atoms with E-state index in [2.05, 4.69) is 21.2 Å². The molecule has 3 rings (SSSR count). The zero-order valence-corrected chi connectivity index (χ0v) is 14.3. The molecule has 1 aromatic heterocycles. The molecule has 0 saturated heterocycles. The van der Waals surface area contributed by atoms with Crippen molar-refractivity contribution in [2.75, 3.05) is 5.32 Å². The maximum Gasteiger partial charge on any atom is 0.336 e. The molecule has 0 atom stereocenters. The predicted molar refractivity (Wildman–Crippen MR) is 93.6 cm³/mol. The van der Waals surface area contributed by atoms with Gasteiger partial charge in [-0.2, -0.15) is 0 Å². The Morgan fingerprint density at radius 2 is 2.04 bits per heavy atom. The van der Waals surface area contributed by atoms with Crippen LogP contribution in [-0.2, 0) is 16.0 Å². The van der Waals surface area contributed by atoms with Crippen LogP contribution in [0.3, 0.4) is 0 Å². The zero-order valence-electron chi connectivity index (χ0n) is 11.9. The molecule has 0 spiro atoms. The Labute approximate surface area is 145 Å². The first-order chi connectivity index (χ1) is 11.2. The van der Waals surface area contributed by atoms with Gasteiger partial charge in [-0.05, 0) is 29.1 Å². The van der Waals surface area contributed by atoms with E-state index in [0.717, 1.165) is 16.8 Å². The van der Waals surface area contributed by atoms with Crippen LogP contribution in [0.25, 0.3) is 0 Å². The molecule has 0 saturated carbocycles. The number of rotatable bonds is 4. The molecule has 2 heterocycles. The van der Waals surface area contributed by atoms with E-state index in [1.54, 1.807) is 11.1 Å². The summed E-state index contributed by atoms with van der Waals surface area (Å²) in [6.45, 7) is 0. The van der Waals surface area contributed by atoms with E-state index in [9.17, 15) is 9.59 Å². The van der Waals surface area contributed by atoms with Gasteiger partial charge in [0.1, 0.15) is 5.76 Å². The number of esters is 1. The van der Waals surface area contributed by atoms with Gasteiger partial charge in [-0.3, -0.25) is 4.79 Å². The summed E-state index contributed by atoms with van der Waals surface area (Å²) in [5.41, 5.74) is 2.58. The van der Waals surface area contributed by atoms with Gasteiger partial charge in [-0.15, -0.1) is 11.3 Å². The normalized spacial score (nSPS) is 15.4. The third-order valence-electron chi connectivity index (χ3n) is 3.27. The molecular formula is C17H12BrNO3S. The Balaban J connectivity index is 1.67. The summed E-state index contributed by atoms with van der Waals surface area (Å²) in [5.74, 6) is 0.0605. The Kier molecular flexibility index (Phi) is 4.73. The van der Waals surface area contributed by atoms with Crippen molar-refractivity contribution in [3.8, 4) is 0 Å². The van der Waals surface area contributed by atoms with E-state index in [0.29, 0.717) is 17.1 Å². The lowest BCUT2D eigenvalue weighted by atomic mass is 10.0. The second-order valence-corrected chi connectivity index (χ2v) is 6.27. The molecule has 1 aliphatic rings. The maximum absolute atomic E-state index is 12.0. The minimum atomic E-state index is -0.356. The first-order valence-electron chi connectivity index (χ1n) is 6.82. The minimum Gasteiger partial charge on any atom is -0.422 e. The van der Waals surface area contributed by atoms with Crippen LogP contribution < -0.4 is 5.32 Å². The van der Waals surface area contributed by atoms with Gasteiger partial charge in [0.25, 0.3) is 5.91 Å². The highest BCUT2D eigenvalue weighted by Crippen LogP contribution is 2.25. The Bertz CT molecular complexity index is 792. The Hall–Kier alpha value is -2.18. The van der Waals surface area contributed by atoms with Crippen LogP contribution in [0.15, 0.2) is 64.2 Å². The van der Waals surface area contributed by atoms with Gasteiger partial charge in [0.15, 0.2) is 0 Å². The molecular weight excluding hydrogens is 378 g/mol. The highest BCUT2D eigenvalue weighted by Gasteiger charge is 2.19. The monoisotopic (exact) mass is 389 g/mol. The lowest BCUT2D eigenvalue weighted by Gasteiger charge is -2.07. The molecule has 23 heavy (non-hydrogen) atoms. The fourth-order valence-electron chi connectivity index (χ4n) is 2.17.